The van der Waals surface area contributed by atoms with E-state index in [1.165, 1.54) is 13.2 Å². The Hall–Kier alpha value is -1.13. The summed E-state index contributed by atoms with van der Waals surface area (Å²) in [6, 6.07) is 5.16. The fraction of sp³-hybridized carbons (Fsp3) is 0.625. The number of hydrogen-bond donors (Lipinski definition) is 1. The second-order valence-electron chi connectivity index (χ2n) is 5.20. The van der Waals surface area contributed by atoms with Gasteiger partial charge in [0.25, 0.3) is 0 Å². The van der Waals surface area contributed by atoms with Gasteiger partial charge in [-0.1, -0.05) is 6.07 Å². The monoisotopic (exact) mass is 283 g/mol. The Balaban J connectivity index is 2.30. The van der Waals surface area contributed by atoms with E-state index in [0.717, 1.165) is 31.6 Å². The Morgan fingerprint density at radius 3 is 2.60 bits per heavy atom. The van der Waals surface area contributed by atoms with Gasteiger partial charge in [-0.05, 0) is 57.9 Å². The number of unbranched alkanes of at least 4 members (excludes halogenated alkanes) is 1. The van der Waals surface area contributed by atoms with E-state index in [0.29, 0.717) is 11.9 Å². The van der Waals surface area contributed by atoms with Gasteiger partial charge in [0.2, 0.25) is 0 Å². The molecule has 1 rings (SSSR count). The molecule has 0 saturated carbocycles. The minimum atomic E-state index is -0.325. The van der Waals surface area contributed by atoms with Gasteiger partial charge < -0.3 is 14.8 Å². The highest BCUT2D eigenvalue weighted by Gasteiger charge is 2.08. The van der Waals surface area contributed by atoms with Gasteiger partial charge in [-0.15, -0.1) is 0 Å². The van der Waals surface area contributed by atoms with Gasteiger partial charge >= 0.3 is 0 Å². The van der Waals surface area contributed by atoms with Crippen LogP contribution in [0.1, 0.15) is 45.2 Å². The van der Waals surface area contributed by atoms with E-state index in [2.05, 4.69) is 12.2 Å². The predicted octanol–water partition coefficient (Wildman–Crippen LogP) is 3.69. The zero-order chi connectivity index (χ0) is 15.0. The van der Waals surface area contributed by atoms with Crippen molar-refractivity contribution in [1.82, 2.24) is 5.32 Å². The molecule has 114 valence electrons. The van der Waals surface area contributed by atoms with Crippen molar-refractivity contribution >= 4 is 0 Å². The van der Waals surface area contributed by atoms with E-state index in [1.807, 2.05) is 13.8 Å². The molecule has 0 aromatic heterocycles. The summed E-state index contributed by atoms with van der Waals surface area (Å²) in [6.07, 6.45) is 2.41. The fourth-order valence-corrected chi connectivity index (χ4v) is 1.93. The first-order chi connectivity index (χ1) is 9.54. The molecule has 0 aliphatic carbocycles. The second-order valence-corrected chi connectivity index (χ2v) is 5.20. The predicted molar refractivity (Wildman–Crippen MR) is 79.7 cm³/mol. The van der Waals surface area contributed by atoms with Crippen molar-refractivity contribution in [2.45, 2.75) is 45.8 Å². The van der Waals surface area contributed by atoms with E-state index in [9.17, 15) is 4.39 Å². The van der Waals surface area contributed by atoms with Gasteiger partial charge in [-0.25, -0.2) is 4.39 Å². The van der Waals surface area contributed by atoms with Gasteiger partial charge in [-0.2, -0.15) is 0 Å². The highest BCUT2D eigenvalue weighted by atomic mass is 19.1. The van der Waals surface area contributed by atoms with Crippen molar-refractivity contribution in [3.8, 4) is 5.75 Å². The Kier molecular flexibility index (Phi) is 7.55. The SMILES string of the molecule is COc1cc(C(C)NCCCCOC(C)C)ccc1F. The van der Waals surface area contributed by atoms with Crippen LogP contribution < -0.4 is 10.1 Å². The molecule has 0 bridgehead atoms. The normalized spacial score (nSPS) is 12.7. The highest BCUT2D eigenvalue weighted by molar-refractivity contribution is 5.31. The lowest BCUT2D eigenvalue weighted by Gasteiger charge is -2.15. The molecule has 0 saturated heterocycles. The molecule has 0 heterocycles. The Morgan fingerprint density at radius 2 is 1.95 bits per heavy atom. The lowest BCUT2D eigenvalue weighted by atomic mass is 10.1. The molecule has 0 aliphatic heterocycles. The van der Waals surface area contributed by atoms with Crippen LogP contribution >= 0.6 is 0 Å². The molecular weight excluding hydrogens is 257 g/mol. The largest absolute Gasteiger partial charge is 0.494 e. The molecule has 0 spiro atoms. The van der Waals surface area contributed by atoms with Gasteiger partial charge in [0.05, 0.1) is 13.2 Å². The number of halogens is 1. The standard InChI is InChI=1S/C16H26FNO2/c1-12(2)20-10-6-5-9-18-13(3)14-7-8-15(17)16(11-14)19-4/h7-8,11-13,18H,5-6,9-10H2,1-4H3. The molecule has 0 fully saturated rings. The van der Waals surface area contributed by atoms with Crippen LogP contribution in [0.25, 0.3) is 0 Å². The number of benzene rings is 1. The zero-order valence-corrected chi connectivity index (χ0v) is 12.9. The number of methoxy groups -OCH3 is 1. The first kappa shape index (κ1) is 16.9. The maximum atomic E-state index is 13.3. The van der Waals surface area contributed by atoms with Crippen molar-refractivity contribution in [3.05, 3.63) is 29.6 Å². The molecule has 1 aromatic rings. The molecule has 20 heavy (non-hydrogen) atoms. The Labute approximate surface area is 121 Å². The highest BCUT2D eigenvalue weighted by Crippen LogP contribution is 2.22. The van der Waals surface area contributed by atoms with E-state index >= 15 is 0 Å². The maximum absolute atomic E-state index is 13.3. The van der Waals surface area contributed by atoms with Crippen LogP contribution in [-0.4, -0.2) is 26.4 Å². The van der Waals surface area contributed by atoms with Gasteiger partial charge in [-0.3, -0.25) is 0 Å². The van der Waals surface area contributed by atoms with E-state index in [-0.39, 0.29) is 11.9 Å². The number of rotatable bonds is 9. The van der Waals surface area contributed by atoms with Crippen molar-refractivity contribution in [2.24, 2.45) is 0 Å². The second kappa shape index (κ2) is 8.93. The fourth-order valence-electron chi connectivity index (χ4n) is 1.93. The molecule has 1 aromatic carbocycles. The summed E-state index contributed by atoms with van der Waals surface area (Å²) in [5.41, 5.74) is 1.03. The third-order valence-electron chi connectivity index (χ3n) is 3.15. The third-order valence-corrected chi connectivity index (χ3v) is 3.15. The maximum Gasteiger partial charge on any atom is 0.165 e. The third kappa shape index (κ3) is 5.88. The van der Waals surface area contributed by atoms with Gasteiger partial charge in [0.15, 0.2) is 11.6 Å². The van der Waals surface area contributed by atoms with Crippen LogP contribution in [0.5, 0.6) is 5.75 Å². The number of nitrogens with one attached hydrogen (secondary N) is 1. The van der Waals surface area contributed by atoms with Crippen LogP contribution in [0.3, 0.4) is 0 Å². The molecule has 0 radical (unpaired) electrons. The van der Waals surface area contributed by atoms with Crippen LogP contribution in [-0.2, 0) is 4.74 Å². The first-order valence-corrected chi connectivity index (χ1v) is 7.23. The topological polar surface area (TPSA) is 30.5 Å². The summed E-state index contributed by atoms with van der Waals surface area (Å²) < 4.78 is 23.8. The number of ether oxygens (including phenoxy) is 2. The molecule has 0 aliphatic rings. The molecule has 1 unspecified atom stereocenters. The summed E-state index contributed by atoms with van der Waals surface area (Å²) in [5, 5.41) is 3.42. The average molecular weight is 283 g/mol. The van der Waals surface area contributed by atoms with Gasteiger partial charge in [0.1, 0.15) is 0 Å². The first-order valence-electron chi connectivity index (χ1n) is 7.23. The van der Waals surface area contributed by atoms with Crippen molar-refractivity contribution in [3.63, 3.8) is 0 Å². The Morgan fingerprint density at radius 1 is 1.20 bits per heavy atom. The molecular formula is C16H26FNO2. The minimum absolute atomic E-state index is 0.176. The molecule has 1 atom stereocenters. The molecule has 0 amide bonds. The summed E-state index contributed by atoms with van der Waals surface area (Å²) in [6.45, 7) is 7.88. The molecule has 3 nitrogen and oxygen atoms in total. The van der Waals surface area contributed by atoms with Crippen LogP contribution in [0.2, 0.25) is 0 Å². The number of hydrogen-bond acceptors (Lipinski definition) is 3. The molecule has 1 N–H and O–H groups in total. The Bertz CT molecular complexity index is 396. The van der Waals surface area contributed by atoms with E-state index < -0.39 is 0 Å². The lowest BCUT2D eigenvalue weighted by Crippen LogP contribution is -2.20. The van der Waals surface area contributed by atoms with Crippen LogP contribution in [0.15, 0.2) is 18.2 Å². The summed E-state index contributed by atoms with van der Waals surface area (Å²) in [4.78, 5) is 0. The van der Waals surface area contributed by atoms with Crippen molar-refractivity contribution in [2.75, 3.05) is 20.3 Å². The lowest BCUT2D eigenvalue weighted by molar-refractivity contribution is 0.0759. The van der Waals surface area contributed by atoms with Crippen molar-refractivity contribution in [1.29, 1.82) is 0 Å². The summed E-state index contributed by atoms with van der Waals surface area (Å²) >= 11 is 0. The average Bonchev–Trinajstić information content (AvgIpc) is 2.42. The smallest absolute Gasteiger partial charge is 0.165 e. The van der Waals surface area contributed by atoms with Crippen molar-refractivity contribution < 1.29 is 13.9 Å². The minimum Gasteiger partial charge on any atom is -0.494 e. The summed E-state index contributed by atoms with van der Waals surface area (Å²) in [5.74, 6) is -0.0317. The van der Waals surface area contributed by atoms with Crippen LogP contribution in [0.4, 0.5) is 4.39 Å². The zero-order valence-electron chi connectivity index (χ0n) is 12.9. The van der Waals surface area contributed by atoms with E-state index in [4.69, 9.17) is 9.47 Å². The van der Waals surface area contributed by atoms with E-state index in [1.54, 1.807) is 12.1 Å². The van der Waals surface area contributed by atoms with Gasteiger partial charge in [0, 0.05) is 12.6 Å². The summed E-state index contributed by atoms with van der Waals surface area (Å²) in [7, 11) is 1.48. The quantitative estimate of drug-likeness (QED) is 0.701. The molecule has 4 heteroatoms. The van der Waals surface area contributed by atoms with Crippen LogP contribution in [0, 0.1) is 5.82 Å².